The molecule has 3 amide bonds. The number of hydrogen-bond acceptors (Lipinski definition) is 5. The smallest absolute Gasteiger partial charge is 0.407 e. The molecular formula is C25H33F2N5O5. The van der Waals surface area contributed by atoms with Crippen LogP contribution in [0.4, 0.5) is 13.6 Å². The number of para-hydroxylation sites is 2. The van der Waals surface area contributed by atoms with E-state index in [4.69, 9.17) is 4.74 Å². The summed E-state index contributed by atoms with van der Waals surface area (Å²) >= 11 is 0. The second-order valence-corrected chi connectivity index (χ2v) is 9.99. The second kappa shape index (κ2) is 11.4. The molecule has 2 atom stereocenters. The lowest BCUT2D eigenvalue weighted by molar-refractivity contribution is -0.142. The number of fused-ring (bicyclic) bond motifs is 1. The van der Waals surface area contributed by atoms with Gasteiger partial charge < -0.3 is 29.1 Å². The van der Waals surface area contributed by atoms with Crippen LogP contribution in [0.3, 0.4) is 0 Å². The highest BCUT2D eigenvalue weighted by atomic mass is 19.3. The van der Waals surface area contributed by atoms with Crippen LogP contribution in [-0.2, 0) is 16.1 Å². The Morgan fingerprint density at radius 3 is 2.49 bits per heavy atom. The molecule has 202 valence electrons. The number of carbonyl (C=O) groups is 3. The van der Waals surface area contributed by atoms with Crippen molar-refractivity contribution in [2.75, 3.05) is 45.9 Å². The molecule has 0 aliphatic carbocycles. The molecule has 0 spiro atoms. The zero-order valence-electron chi connectivity index (χ0n) is 21.1. The molecule has 0 unspecified atom stereocenters. The summed E-state index contributed by atoms with van der Waals surface area (Å²) in [5.74, 6) is -1.46. The van der Waals surface area contributed by atoms with Crippen LogP contribution in [0.1, 0.15) is 30.9 Å². The first kappa shape index (κ1) is 26.8. The maximum absolute atomic E-state index is 13.9. The molecule has 37 heavy (non-hydrogen) atoms. The molecule has 1 aromatic heterocycles. The SMILES string of the molecule is CC(C)CN(C(=O)c1nc2ccccc2n1CC(F)F)[C@H]1C[C@@H](C(=O)N2CCOCC2)CN(C(=O)O)C1. The van der Waals surface area contributed by atoms with Gasteiger partial charge in [0.1, 0.15) is 0 Å². The van der Waals surface area contributed by atoms with E-state index in [1.165, 1.54) is 14.4 Å². The highest BCUT2D eigenvalue weighted by Crippen LogP contribution is 2.27. The van der Waals surface area contributed by atoms with Crippen molar-refractivity contribution in [2.45, 2.75) is 39.3 Å². The van der Waals surface area contributed by atoms with Crippen LogP contribution >= 0.6 is 0 Å². The lowest BCUT2D eigenvalue weighted by Crippen LogP contribution is -2.58. The maximum atomic E-state index is 13.9. The first-order valence-corrected chi connectivity index (χ1v) is 12.5. The van der Waals surface area contributed by atoms with Crippen molar-refractivity contribution in [2.24, 2.45) is 11.8 Å². The molecule has 0 radical (unpaired) electrons. The van der Waals surface area contributed by atoms with Crippen LogP contribution in [-0.4, -0.2) is 106 Å². The van der Waals surface area contributed by atoms with Gasteiger partial charge in [0.15, 0.2) is 5.82 Å². The standard InChI is InChI=1S/C25H33F2N5O5/c1-16(2)12-31(24(34)22-28-19-5-3-4-6-20(19)32(22)15-21(26)27)18-11-17(13-30(14-18)25(35)36)23(33)29-7-9-37-10-8-29/h3-6,16-18,21H,7-15H2,1-2H3,(H,35,36)/t17-,18+/m1/s1. The molecule has 2 aromatic rings. The number of benzene rings is 1. The number of alkyl halides is 2. The van der Waals surface area contributed by atoms with Crippen molar-refractivity contribution >= 4 is 28.9 Å². The number of likely N-dealkylation sites (tertiary alicyclic amines) is 1. The second-order valence-electron chi connectivity index (χ2n) is 9.99. The zero-order valence-corrected chi connectivity index (χ0v) is 21.1. The number of morpholine rings is 1. The Morgan fingerprint density at radius 1 is 1.14 bits per heavy atom. The Balaban J connectivity index is 1.68. The van der Waals surface area contributed by atoms with Gasteiger partial charge in [-0.25, -0.2) is 18.6 Å². The van der Waals surface area contributed by atoms with Crippen LogP contribution in [0, 0.1) is 11.8 Å². The summed E-state index contributed by atoms with van der Waals surface area (Å²) in [5.41, 5.74) is 0.846. The molecular weight excluding hydrogens is 488 g/mol. The number of nitrogens with zero attached hydrogens (tertiary/aromatic N) is 5. The molecule has 2 aliphatic rings. The number of carbonyl (C=O) groups excluding carboxylic acids is 2. The number of carboxylic acid groups (broad SMARTS) is 1. The van der Waals surface area contributed by atoms with E-state index in [0.717, 1.165) is 0 Å². The summed E-state index contributed by atoms with van der Waals surface area (Å²) in [5, 5.41) is 9.80. The van der Waals surface area contributed by atoms with E-state index in [-0.39, 0.29) is 43.7 Å². The van der Waals surface area contributed by atoms with Gasteiger partial charge in [-0.1, -0.05) is 26.0 Å². The highest BCUT2D eigenvalue weighted by Gasteiger charge is 2.41. The van der Waals surface area contributed by atoms with Gasteiger partial charge in [0.25, 0.3) is 12.3 Å². The molecule has 0 bridgehead atoms. The van der Waals surface area contributed by atoms with E-state index < -0.39 is 36.9 Å². The van der Waals surface area contributed by atoms with Crippen molar-refractivity contribution < 1.29 is 33.0 Å². The van der Waals surface area contributed by atoms with Gasteiger partial charge in [-0.05, 0) is 24.5 Å². The molecule has 2 fully saturated rings. The predicted molar refractivity (Wildman–Crippen MR) is 131 cm³/mol. The summed E-state index contributed by atoms with van der Waals surface area (Å²) in [6.07, 6.45) is -3.60. The minimum absolute atomic E-state index is 0.00507. The highest BCUT2D eigenvalue weighted by molar-refractivity contribution is 5.95. The molecule has 3 heterocycles. The fourth-order valence-corrected chi connectivity index (χ4v) is 5.16. The Labute approximate surface area is 213 Å². The largest absolute Gasteiger partial charge is 0.465 e. The minimum atomic E-state index is -2.70. The normalized spacial score (nSPS) is 20.6. The van der Waals surface area contributed by atoms with Crippen molar-refractivity contribution in [1.29, 1.82) is 0 Å². The Bertz CT molecular complexity index is 1130. The van der Waals surface area contributed by atoms with Crippen LogP contribution in [0.5, 0.6) is 0 Å². The third-order valence-electron chi connectivity index (χ3n) is 6.80. The fraction of sp³-hybridized carbons (Fsp3) is 0.600. The van der Waals surface area contributed by atoms with Crippen LogP contribution in [0.25, 0.3) is 11.0 Å². The summed E-state index contributed by atoms with van der Waals surface area (Å²) in [6, 6.07) is 6.09. The predicted octanol–water partition coefficient (Wildman–Crippen LogP) is 2.63. The Hall–Kier alpha value is -3.28. The summed E-state index contributed by atoms with van der Waals surface area (Å²) in [4.78, 5) is 48.0. The molecule has 1 N–H and O–H groups in total. The monoisotopic (exact) mass is 521 g/mol. The quantitative estimate of drug-likeness (QED) is 0.600. The van der Waals surface area contributed by atoms with E-state index in [0.29, 0.717) is 37.3 Å². The molecule has 2 aliphatic heterocycles. The average Bonchev–Trinajstić information content (AvgIpc) is 3.24. The lowest BCUT2D eigenvalue weighted by Gasteiger charge is -2.43. The number of ether oxygens (including phenoxy) is 1. The Morgan fingerprint density at radius 2 is 1.84 bits per heavy atom. The van der Waals surface area contributed by atoms with E-state index in [2.05, 4.69) is 4.98 Å². The zero-order chi connectivity index (χ0) is 26.7. The lowest BCUT2D eigenvalue weighted by atomic mass is 9.91. The number of amides is 3. The summed E-state index contributed by atoms with van der Waals surface area (Å²) in [7, 11) is 0. The van der Waals surface area contributed by atoms with Crippen molar-refractivity contribution in [1.82, 2.24) is 24.3 Å². The fourth-order valence-electron chi connectivity index (χ4n) is 5.16. The van der Waals surface area contributed by atoms with Gasteiger partial charge in [-0.3, -0.25) is 9.59 Å². The van der Waals surface area contributed by atoms with E-state index in [9.17, 15) is 28.3 Å². The third-order valence-corrected chi connectivity index (χ3v) is 6.80. The van der Waals surface area contributed by atoms with Gasteiger partial charge in [0, 0.05) is 32.7 Å². The molecule has 2 saturated heterocycles. The minimum Gasteiger partial charge on any atom is -0.465 e. The third kappa shape index (κ3) is 6.00. The average molecular weight is 522 g/mol. The van der Waals surface area contributed by atoms with Gasteiger partial charge >= 0.3 is 6.09 Å². The first-order valence-electron chi connectivity index (χ1n) is 12.5. The number of piperidine rings is 1. The van der Waals surface area contributed by atoms with Gasteiger partial charge in [0.05, 0.1) is 42.8 Å². The topological polar surface area (TPSA) is 108 Å². The molecule has 1 aromatic carbocycles. The summed E-state index contributed by atoms with van der Waals surface area (Å²) < 4.78 is 33.5. The molecule has 4 rings (SSSR count). The summed E-state index contributed by atoms with van der Waals surface area (Å²) in [6.45, 7) is 5.15. The van der Waals surface area contributed by atoms with E-state index >= 15 is 0 Å². The van der Waals surface area contributed by atoms with Gasteiger partial charge in [-0.15, -0.1) is 0 Å². The molecule has 0 saturated carbocycles. The number of hydrogen-bond donors (Lipinski definition) is 1. The van der Waals surface area contributed by atoms with Crippen molar-refractivity contribution in [3.8, 4) is 0 Å². The first-order chi connectivity index (χ1) is 17.7. The number of imidazole rings is 1. The van der Waals surface area contributed by atoms with E-state index in [1.807, 2.05) is 13.8 Å². The van der Waals surface area contributed by atoms with Crippen LogP contribution < -0.4 is 0 Å². The number of aromatic nitrogens is 2. The number of halogens is 2. The van der Waals surface area contributed by atoms with Crippen molar-refractivity contribution in [3.05, 3.63) is 30.1 Å². The van der Waals surface area contributed by atoms with E-state index in [1.54, 1.807) is 29.2 Å². The molecule has 12 heteroatoms. The molecule has 10 nitrogen and oxygen atoms in total. The number of rotatable bonds is 7. The van der Waals surface area contributed by atoms with Crippen LogP contribution in [0.15, 0.2) is 24.3 Å². The van der Waals surface area contributed by atoms with Crippen molar-refractivity contribution in [3.63, 3.8) is 0 Å². The van der Waals surface area contributed by atoms with Crippen LogP contribution in [0.2, 0.25) is 0 Å². The Kier molecular flexibility index (Phi) is 8.25. The van der Waals surface area contributed by atoms with Gasteiger partial charge in [-0.2, -0.15) is 0 Å². The maximum Gasteiger partial charge on any atom is 0.407 e. The van der Waals surface area contributed by atoms with Gasteiger partial charge in [0.2, 0.25) is 5.91 Å².